The number of hydrogen-bond donors (Lipinski definition) is 0. The van der Waals surface area contributed by atoms with Crippen molar-refractivity contribution in [3.63, 3.8) is 0 Å². The molecule has 46 heavy (non-hydrogen) atoms. The van der Waals surface area contributed by atoms with Gasteiger partial charge in [0, 0.05) is 12.4 Å². The first kappa shape index (κ1) is 27.1. The summed E-state index contributed by atoms with van der Waals surface area (Å²) in [6.45, 7) is 0. The Morgan fingerprint density at radius 1 is 0.435 bits per heavy atom. The minimum atomic E-state index is 0.642. The molecule has 0 atom stereocenters. The van der Waals surface area contributed by atoms with Crippen LogP contribution in [-0.2, 0) is 0 Å². The van der Waals surface area contributed by atoms with E-state index in [0.717, 1.165) is 66.9 Å². The molecule has 0 unspecified atom stereocenters. The Labute approximate surface area is 266 Å². The minimum absolute atomic E-state index is 0.642. The predicted molar refractivity (Wildman–Crippen MR) is 187 cm³/mol. The third-order valence-electron chi connectivity index (χ3n) is 8.40. The molecule has 0 N–H and O–H groups in total. The van der Waals surface area contributed by atoms with Crippen molar-refractivity contribution in [3.8, 4) is 62.2 Å². The van der Waals surface area contributed by atoms with Gasteiger partial charge in [-0.15, -0.1) is 0 Å². The van der Waals surface area contributed by atoms with Crippen LogP contribution >= 0.6 is 0 Å². The maximum Gasteiger partial charge on any atom is 0.0991 e. The zero-order valence-corrected chi connectivity index (χ0v) is 24.8. The summed E-state index contributed by atoms with van der Waals surface area (Å²) in [5.41, 5.74) is 10.4. The zero-order valence-electron chi connectivity index (χ0n) is 24.8. The van der Waals surface area contributed by atoms with Crippen LogP contribution in [0.25, 0.3) is 77.7 Å². The van der Waals surface area contributed by atoms with E-state index in [9.17, 15) is 5.26 Å². The largest absolute Gasteiger partial charge is 0.255 e. The summed E-state index contributed by atoms with van der Waals surface area (Å²) in [4.78, 5) is 14.3. The summed E-state index contributed by atoms with van der Waals surface area (Å²) in [5.74, 6) is 0. The normalized spacial score (nSPS) is 11.0. The Bertz CT molecular complexity index is 2350. The molecule has 8 rings (SSSR count). The summed E-state index contributed by atoms with van der Waals surface area (Å²) in [6.07, 6.45) is 3.59. The van der Waals surface area contributed by atoms with Crippen LogP contribution in [0.5, 0.6) is 0 Å². The monoisotopic (exact) mass is 586 g/mol. The number of nitriles is 1. The summed E-state index contributed by atoms with van der Waals surface area (Å²) < 4.78 is 0. The maximum atomic E-state index is 9.47. The van der Waals surface area contributed by atoms with Gasteiger partial charge in [0.05, 0.1) is 34.4 Å². The van der Waals surface area contributed by atoms with E-state index in [2.05, 4.69) is 101 Å². The first-order chi connectivity index (χ1) is 22.7. The summed E-state index contributed by atoms with van der Waals surface area (Å²) in [7, 11) is 0. The van der Waals surface area contributed by atoms with Gasteiger partial charge in [-0.3, -0.25) is 9.97 Å². The molecule has 4 heteroatoms. The first-order valence-electron chi connectivity index (χ1n) is 15.2. The Kier molecular flexibility index (Phi) is 6.83. The van der Waals surface area contributed by atoms with E-state index in [1.165, 1.54) is 10.8 Å². The van der Waals surface area contributed by atoms with Gasteiger partial charge in [0.25, 0.3) is 0 Å². The third kappa shape index (κ3) is 4.96. The number of benzene rings is 5. The lowest BCUT2D eigenvalue weighted by Crippen LogP contribution is -1.95. The van der Waals surface area contributed by atoms with Crippen LogP contribution in [0.15, 0.2) is 158 Å². The van der Waals surface area contributed by atoms with Crippen molar-refractivity contribution in [1.82, 2.24) is 15.0 Å². The van der Waals surface area contributed by atoms with Crippen molar-refractivity contribution in [3.05, 3.63) is 164 Å². The van der Waals surface area contributed by atoms with Gasteiger partial charge in [-0.05, 0) is 116 Å². The van der Waals surface area contributed by atoms with Crippen LogP contribution in [-0.4, -0.2) is 15.0 Å². The molecule has 0 aliphatic carbocycles. The predicted octanol–water partition coefficient (Wildman–Crippen LogP) is 10.4. The Morgan fingerprint density at radius 3 is 1.70 bits per heavy atom. The molecule has 0 amide bonds. The van der Waals surface area contributed by atoms with Gasteiger partial charge in [0.15, 0.2) is 0 Å². The average molecular weight is 587 g/mol. The van der Waals surface area contributed by atoms with Gasteiger partial charge in [-0.1, -0.05) is 84.9 Å². The second-order valence-electron chi connectivity index (χ2n) is 11.2. The number of nitrogens with zero attached hydrogens (tertiary/aromatic N) is 4. The highest BCUT2D eigenvalue weighted by atomic mass is 14.8. The molecule has 0 fully saturated rings. The lowest BCUT2D eigenvalue weighted by atomic mass is 9.86. The van der Waals surface area contributed by atoms with Crippen molar-refractivity contribution in [2.75, 3.05) is 0 Å². The van der Waals surface area contributed by atoms with E-state index in [4.69, 9.17) is 4.98 Å². The Hall–Kier alpha value is -6.44. The van der Waals surface area contributed by atoms with Gasteiger partial charge in [0.1, 0.15) is 0 Å². The Morgan fingerprint density at radius 2 is 1.04 bits per heavy atom. The molecule has 0 aliphatic heterocycles. The van der Waals surface area contributed by atoms with Crippen molar-refractivity contribution >= 4 is 21.5 Å². The van der Waals surface area contributed by atoms with Crippen LogP contribution in [0, 0.1) is 11.3 Å². The van der Waals surface area contributed by atoms with E-state index < -0.39 is 0 Å². The van der Waals surface area contributed by atoms with Crippen molar-refractivity contribution in [1.29, 1.82) is 5.26 Å². The topological polar surface area (TPSA) is 62.5 Å². The van der Waals surface area contributed by atoms with Crippen molar-refractivity contribution in [2.24, 2.45) is 0 Å². The maximum absolute atomic E-state index is 9.47. The van der Waals surface area contributed by atoms with E-state index in [1.807, 2.05) is 60.7 Å². The number of hydrogen-bond acceptors (Lipinski definition) is 4. The molecule has 3 aromatic heterocycles. The molecule has 0 aliphatic rings. The van der Waals surface area contributed by atoms with E-state index >= 15 is 0 Å². The highest BCUT2D eigenvalue weighted by Gasteiger charge is 2.17. The molecular formula is C42H26N4. The highest BCUT2D eigenvalue weighted by Crippen LogP contribution is 2.42. The lowest BCUT2D eigenvalue weighted by molar-refractivity contribution is 1.22. The fourth-order valence-electron chi connectivity index (χ4n) is 6.22. The standard InChI is InChI=1S/C42H26N4/c43-27-28-15-17-30(18-16-28)42-35-12-4-1-9-29(35)19-20-36(42)32-23-31-10-2-3-11-34(31)37(24-32)33-25-40(38-13-5-7-21-44-38)46-41(26-33)39-14-6-8-22-45-39/h1-26H. The smallest absolute Gasteiger partial charge is 0.0991 e. The van der Waals surface area contributed by atoms with E-state index in [1.54, 1.807) is 12.4 Å². The molecule has 0 bridgehead atoms. The molecule has 0 radical (unpaired) electrons. The fourth-order valence-corrected chi connectivity index (χ4v) is 6.22. The van der Waals surface area contributed by atoms with Gasteiger partial charge in [-0.2, -0.15) is 5.26 Å². The molecule has 5 aromatic carbocycles. The molecule has 4 nitrogen and oxygen atoms in total. The van der Waals surface area contributed by atoms with Crippen molar-refractivity contribution < 1.29 is 0 Å². The number of pyridine rings is 3. The van der Waals surface area contributed by atoms with Gasteiger partial charge >= 0.3 is 0 Å². The van der Waals surface area contributed by atoms with Crippen LogP contribution < -0.4 is 0 Å². The minimum Gasteiger partial charge on any atom is -0.255 e. The molecule has 0 spiro atoms. The summed E-state index contributed by atoms with van der Waals surface area (Å²) in [5, 5.41) is 14.1. The molecule has 3 heterocycles. The Balaban J connectivity index is 1.40. The van der Waals surface area contributed by atoms with Crippen LogP contribution in [0.1, 0.15) is 5.56 Å². The van der Waals surface area contributed by atoms with E-state index in [0.29, 0.717) is 5.56 Å². The summed E-state index contributed by atoms with van der Waals surface area (Å²) in [6, 6.07) is 52.1. The SMILES string of the molecule is N#Cc1ccc(-c2c(-c3cc(-c4cc(-c5ccccn5)nc(-c5ccccn5)c4)c4ccccc4c3)ccc3ccccc23)cc1. The second-order valence-corrected chi connectivity index (χ2v) is 11.2. The molecular weight excluding hydrogens is 560 g/mol. The van der Waals surface area contributed by atoms with Crippen LogP contribution in [0.2, 0.25) is 0 Å². The van der Waals surface area contributed by atoms with Crippen LogP contribution in [0.4, 0.5) is 0 Å². The zero-order chi connectivity index (χ0) is 30.9. The second kappa shape index (κ2) is 11.6. The van der Waals surface area contributed by atoms with Gasteiger partial charge in [0.2, 0.25) is 0 Å². The molecule has 8 aromatic rings. The lowest BCUT2D eigenvalue weighted by Gasteiger charge is -2.17. The third-order valence-corrected chi connectivity index (χ3v) is 8.40. The van der Waals surface area contributed by atoms with E-state index in [-0.39, 0.29) is 0 Å². The number of rotatable bonds is 5. The number of aromatic nitrogens is 3. The van der Waals surface area contributed by atoms with Gasteiger partial charge < -0.3 is 0 Å². The van der Waals surface area contributed by atoms with Gasteiger partial charge in [-0.25, -0.2) is 4.98 Å². The molecule has 0 saturated heterocycles. The molecule has 0 saturated carbocycles. The quantitative estimate of drug-likeness (QED) is 0.201. The number of fused-ring (bicyclic) bond motifs is 2. The molecule has 214 valence electrons. The first-order valence-corrected chi connectivity index (χ1v) is 15.2. The summed E-state index contributed by atoms with van der Waals surface area (Å²) >= 11 is 0. The average Bonchev–Trinajstić information content (AvgIpc) is 3.14. The fraction of sp³-hybridized carbons (Fsp3) is 0. The van der Waals surface area contributed by atoms with Crippen molar-refractivity contribution in [2.45, 2.75) is 0 Å². The van der Waals surface area contributed by atoms with Crippen LogP contribution in [0.3, 0.4) is 0 Å². The highest BCUT2D eigenvalue weighted by molar-refractivity contribution is 6.07.